The Morgan fingerprint density at radius 3 is 2.28 bits per heavy atom. The van der Waals surface area contributed by atoms with E-state index in [1.165, 1.54) is 7.11 Å². The number of aryl methyl sites for hydroxylation is 2. The van der Waals surface area contributed by atoms with Gasteiger partial charge in [0.05, 0.1) is 19.1 Å². The number of nitrogens with zero attached hydrogens (tertiary/aromatic N) is 2. The monoisotopic (exact) mass is 605 g/mol. The molecule has 1 aliphatic carbocycles. The van der Waals surface area contributed by atoms with Crippen molar-refractivity contribution in [3.05, 3.63) is 95.1 Å². The molecule has 0 spiro atoms. The third kappa shape index (κ3) is 8.60. The van der Waals surface area contributed by atoms with Crippen molar-refractivity contribution in [3.63, 3.8) is 0 Å². The average Bonchev–Trinajstić information content (AvgIpc) is 2.99. The second kappa shape index (κ2) is 14.6. The number of sulfonamides is 1. The van der Waals surface area contributed by atoms with Crippen LogP contribution in [0.4, 0.5) is 5.69 Å². The number of rotatable bonds is 12. The van der Waals surface area contributed by atoms with E-state index in [4.69, 9.17) is 4.74 Å². The molecule has 0 aromatic heterocycles. The lowest BCUT2D eigenvalue weighted by molar-refractivity contribution is -0.140. The first-order chi connectivity index (χ1) is 20.6. The molecule has 1 unspecified atom stereocenters. The Labute approximate surface area is 256 Å². The summed E-state index contributed by atoms with van der Waals surface area (Å²) in [5.41, 5.74) is 3.88. The maximum atomic E-state index is 14.4. The molecule has 230 valence electrons. The van der Waals surface area contributed by atoms with Crippen molar-refractivity contribution in [1.82, 2.24) is 10.2 Å². The Kier molecular flexibility index (Phi) is 10.9. The highest BCUT2D eigenvalue weighted by molar-refractivity contribution is 7.92. The Morgan fingerprint density at radius 2 is 1.63 bits per heavy atom. The van der Waals surface area contributed by atoms with Gasteiger partial charge in [0.15, 0.2) is 0 Å². The van der Waals surface area contributed by atoms with Gasteiger partial charge in [-0.3, -0.25) is 13.9 Å². The quantitative estimate of drug-likeness (QED) is 0.308. The zero-order valence-electron chi connectivity index (χ0n) is 25.6. The summed E-state index contributed by atoms with van der Waals surface area (Å²) in [4.78, 5) is 30.0. The number of amides is 2. The summed E-state index contributed by atoms with van der Waals surface area (Å²) in [7, 11) is -2.43. The Hall–Kier alpha value is -3.85. The lowest BCUT2D eigenvalue weighted by atomic mass is 9.94. The molecule has 1 N–H and O–H groups in total. The van der Waals surface area contributed by atoms with Gasteiger partial charge in [0, 0.05) is 19.0 Å². The topological polar surface area (TPSA) is 96.0 Å². The van der Waals surface area contributed by atoms with Crippen LogP contribution in [0.5, 0.6) is 5.75 Å². The van der Waals surface area contributed by atoms with Crippen LogP contribution in [0.25, 0.3) is 0 Å². The van der Waals surface area contributed by atoms with Gasteiger partial charge in [-0.25, -0.2) is 8.42 Å². The van der Waals surface area contributed by atoms with Crippen LogP contribution in [-0.4, -0.2) is 57.1 Å². The predicted octanol–water partition coefficient (Wildman–Crippen LogP) is 5.17. The number of nitrogens with one attached hydrogen (secondary N) is 1. The zero-order valence-corrected chi connectivity index (χ0v) is 26.4. The van der Waals surface area contributed by atoms with E-state index in [9.17, 15) is 18.0 Å². The van der Waals surface area contributed by atoms with E-state index in [2.05, 4.69) is 5.32 Å². The van der Waals surface area contributed by atoms with Crippen LogP contribution >= 0.6 is 0 Å². The number of hydrogen-bond donors (Lipinski definition) is 1. The van der Waals surface area contributed by atoms with Gasteiger partial charge in [-0.05, 0) is 61.1 Å². The number of carbonyl (C=O) groups is 2. The first-order valence-electron chi connectivity index (χ1n) is 14.9. The highest BCUT2D eigenvalue weighted by Crippen LogP contribution is 2.31. The molecule has 9 heteroatoms. The third-order valence-corrected chi connectivity index (χ3v) is 9.23. The molecule has 3 aromatic carbocycles. The number of hydrogen-bond acceptors (Lipinski definition) is 5. The van der Waals surface area contributed by atoms with Crippen LogP contribution in [0.15, 0.2) is 72.8 Å². The van der Waals surface area contributed by atoms with Crippen LogP contribution in [0.1, 0.15) is 54.4 Å². The molecule has 2 amide bonds. The molecule has 1 atom stereocenters. The normalized spacial score (nSPS) is 14.5. The first kappa shape index (κ1) is 32.1. The maximum Gasteiger partial charge on any atom is 0.244 e. The van der Waals surface area contributed by atoms with Crippen LogP contribution in [-0.2, 0) is 32.6 Å². The number of ether oxygens (including phenoxy) is 1. The predicted molar refractivity (Wildman–Crippen MR) is 171 cm³/mol. The zero-order chi connectivity index (χ0) is 31.0. The number of benzene rings is 3. The second-order valence-corrected chi connectivity index (χ2v) is 13.3. The molecule has 1 aliphatic rings. The minimum atomic E-state index is -3.90. The molecule has 0 radical (unpaired) electrons. The molecule has 43 heavy (non-hydrogen) atoms. The third-order valence-electron chi connectivity index (χ3n) is 8.11. The van der Waals surface area contributed by atoms with Gasteiger partial charge in [0.2, 0.25) is 21.8 Å². The van der Waals surface area contributed by atoms with Crippen molar-refractivity contribution in [3.8, 4) is 5.75 Å². The molecule has 0 bridgehead atoms. The van der Waals surface area contributed by atoms with Gasteiger partial charge in [-0.1, -0.05) is 79.9 Å². The summed E-state index contributed by atoms with van der Waals surface area (Å²) < 4.78 is 32.9. The first-order valence-corrected chi connectivity index (χ1v) is 16.7. The van der Waals surface area contributed by atoms with Gasteiger partial charge in [0.25, 0.3) is 0 Å². The van der Waals surface area contributed by atoms with Gasteiger partial charge in [-0.15, -0.1) is 0 Å². The van der Waals surface area contributed by atoms with E-state index >= 15 is 0 Å². The summed E-state index contributed by atoms with van der Waals surface area (Å²) in [6.07, 6.45) is 6.45. The summed E-state index contributed by atoms with van der Waals surface area (Å²) in [6.45, 7) is 3.49. The van der Waals surface area contributed by atoms with Gasteiger partial charge in [0.1, 0.15) is 18.3 Å². The van der Waals surface area contributed by atoms with E-state index < -0.39 is 28.5 Å². The highest BCUT2D eigenvalue weighted by atomic mass is 32.2. The van der Waals surface area contributed by atoms with Gasteiger partial charge >= 0.3 is 0 Å². The fourth-order valence-electron chi connectivity index (χ4n) is 5.66. The van der Waals surface area contributed by atoms with Crippen molar-refractivity contribution in [2.24, 2.45) is 0 Å². The van der Waals surface area contributed by atoms with E-state index in [-0.39, 0.29) is 24.2 Å². The average molecular weight is 606 g/mol. The smallest absolute Gasteiger partial charge is 0.244 e. The highest BCUT2D eigenvalue weighted by Gasteiger charge is 2.35. The van der Waals surface area contributed by atoms with E-state index in [0.29, 0.717) is 12.2 Å². The molecule has 0 aliphatic heterocycles. The number of carbonyl (C=O) groups excluding carboxylic acids is 2. The van der Waals surface area contributed by atoms with E-state index in [1.54, 1.807) is 17.0 Å². The molecule has 4 rings (SSSR count). The van der Waals surface area contributed by atoms with E-state index in [1.807, 2.05) is 74.5 Å². The number of anilines is 1. The molecule has 1 fully saturated rings. The Morgan fingerprint density at radius 1 is 0.953 bits per heavy atom. The molecular formula is C34H43N3O5S. The molecular weight excluding hydrogens is 562 g/mol. The van der Waals surface area contributed by atoms with Crippen LogP contribution in [0.2, 0.25) is 0 Å². The van der Waals surface area contributed by atoms with Crippen molar-refractivity contribution in [2.45, 2.75) is 71.0 Å². The Balaban J connectivity index is 1.76. The second-order valence-electron chi connectivity index (χ2n) is 11.4. The van der Waals surface area contributed by atoms with Crippen LogP contribution in [0.3, 0.4) is 0 Å². The summed E-state index contributed by atoms with van der Waals surface area (Å²) in [5, 5.41) is 3.23. The number of methoxy groups -OCH3 is 1. The Bertz CT molecular complexity index is 1500. The van der Waals surface area contributed by atoms with Crippen molar-refractivity contribution in [2.75, 3.05) is 24.2 Å². The fraction of sp³-hybridized carbons (Fsp3) is 0.412. The van der Waals surface area contributed by atoms with Crippen molar-refractivity contribution < 1.29 is 22.7 Å². The minimum Gasteiger partial charge on any atom is -0.495 e. The van der Waals surface area contributed by atoms with Crippen molar-refractivity contribution >= 4 is 27.5 Å². The van der Waals surface area contributed by atoms with Gasteiger partial charge in [-0.2, -0.15) is 0 Å². The lowest BCUT2D eigenvalue weighted by Gasteiger charge is -2.35. The summed E-state index contributed by atoms with van der Waals surface area (Å²) in [6, 6.07) is 21.8. The van der Waals surface area contributed by atoms with Crippen molar-refractivity contribution in [1.29, 1.82) is 0 Å². The SMILES string of the molecule is COc1ccc(C)cc1N(CC(=O)N(Cc1ccccc1C)C(Cc1ccccc1)C(=O)NC1CCCCC1)S(C)(=O)=O. The standard InChI is InChI=1S/C34H43N3O5S/c1-25-19-20-32(42-3)30(21-25)37(43(4,40)41)24-33(38)36(23-28-16-12-11-13-26(28)2)31(22-27-14-7-5-8-15-27)34(39)35-29-17-9-6-10-18-29/h5,7-8,11-16,19-21,29,31H,6,9-10,17-18,22-24H2,1-4H3,(H,35,39). The van der Waals surface area contributed by atoms with Gasteiger partial charge < -0.3 is 15.0 Å². The molecule has 0 saturated heterocycles. The van der Waals surface area contributed by atoms with Crippen LogP contribution in [0, 0.1) is 13.8 Å². The molecule has 8 nitrogen and oxygen atoms in total. The molecule has 0 heterocycles. The lowest BCUT2D eigenvalue weighted by Crippen LogP contribution is -2.55. The van der Waals surface area contributed by atoms with Crippen LogP contribution < -0.4 is 14.4 Å². The van der Waals surface area contributed by atoms with E-state index in [0.717, 1.165) is 64.9 Å². The molecule has 3 aromatic rings. The summed E-state index contributed by atoms with van der Waals surface area (Å²) in [5.74, 6) is -0.362. The summed E-state index contributed by atoms with van der Waals surface area (Å²) >= 11 is 0. The maximum absolute atomic E-state index is 14.4. The molecule has 1 saturated carbocycles. The fourth-order valence-corrected chi connectivity index (χ4v) is 6.50. The minimum absolute atomic E-state index is 0.0546. The largest absolute Gasteiger partial charge is 0.495 e.